The second-order valence-corrected chi connectivity index (χ2v) is 9.20. The lowest BCUT2D eigenvalue weighted by Gasteiger charge is -2.35. The standard InChI is InChI=1S/C23H22N4O5S/c28-23(26-16-14-25(15-17-26)21-8-4-5-9-22(21)27(29)30)18-10-12-20(13-11-18)33(31,32)24-19-6-2-1-3-7-19/h1-13,24H,14-17H2. The molecule has 0 aliphatic carbocycles. The van der Waals surface area contributed by atoms with Crippen LogP contribution in [0.4, 0.5) is 17.1 Å². The number of nitro groups is 1. The summed E-state index contributed by atoms with van der Waals surface area (Å²) in [5.74, 6) is -0.211. The second-order valence-electron chi connectivity index (χ2n) is 7.52. The maximum absolute atomic E-state index is 12.9. The minimum absolute atomic E-state index is 0.0400. The van der Waals surface area contributed by atoms with Crippen molar-refractivity contribution in [2.24, 2.45) is 0 Å². The van der Waals surface area contributed by atoms with Crippen LogP contribution in [0, 0.1) is 10.1 Å². The fourth-order valence-electron chi connectivity index (χ4n) is 3.72. The second kappa shape index (κ2) is 9.29. The van der Waals surface area contributed by atoms with E-state index in [1.165, 1.54) is 30.3 Å². The Morgan fingerprint density at radius 1 is 0.848 bits per heavy atom. The molecule has 0 bridgehead atoms. The zero-order chi connectivity index (χ0) is 23.4. The number of nitro benzene ring substituents is 1. The minimum Gasteiger partial charge on any atom is -0.362 e. The van der Waals surface area contributed by atoms with Crippen LogP contribution in [0.25, 0.3) is 0 Å². The number of hydrogen-bond donors (Lipinski definition) is 1. The van der Waals surface area contributed by atoms with Crippen molar-refractivity contribution < 1.29 is 18.1 Å². The van der Waals surface area contributed by atoms with E-state index >= 15 is 0 Å². The molecule has 0 unspecified atom stereocenters. The van der Waals surface area contributed by atoms with E-state index < -0.39 is 14.9 Å². The fraction of sp³-hybridized carbons (Fsp3) is 0.174. The summed E-state index contributed by atoms with van der Waals surface area (Å²) in [6.07, 6.45) is 0. The van der Waals surface area contributed by atoms with Crippen LogP contribution in [0.15, 0.2) is 83.8 Å². The Bertz CT molecular complexity index is 1260. The highest BCUT2D eigenvalue weighted by molar-refractivity contribution is 7.92. The maximum atomic E-state index is 12.9. The molecule has 10 heteroatoms. The lowest BCUT2D eigenvalue weighted by atomic mass is 10.1. The number of hydrogen-bond acceptors (Lipinski definition) is 6. The van der Waals surface area contributed by atoms with Crippen LogP contribution in [0.2, 0.25) is 0 Å². The molecule has 1 aliphatic rings. The van der Waals surface area contributed by atoms with Gasteiger partial charge in [-0.2, -0.15) is 0 Å². The topological polar surface area (TPSA) is 113 Å². The summed E-state index contributed by atoms with van der Waals surface area (Å²) in [6.45, 7) is 1.73. The number of sulfonamides is 1. The third-order valence-corrected chi connectivity index (χ3v) is 6.82. The molecule has 1 fully saturated rings. The highest BCUT2D eigenvalue weighted by Crippen LogP contribution is 2.28. The molecule has 1 saturated heterocycles. The highest BCUT2D eigenvalue weighted by Gasteiger charge is 2.26. The maximum Gasteiger partial charge on any atom is 0.292 e. The van der Waals surface area contributed by atoms with E-state index in [4.69, 9.17) is 0 Å². The number of carbonyl (C=O) groups excluding carboxylic acids is 1. The average molecular weight is 467 g/mol. The number of anilines is 2. The number of piperazine rings is 1. The van der Waals surface area contributed by atoms with Gasteiger partial charge in [-0.15, -0.1) is 0 Å². The Kier molecular flexibility index (Phi) is 6.27. The molecule has 0 spiro atoms. The Morgan fingerprint density at radius 2 is 1.45 bits per heavy atom. The van der Waals surface area contributed by atoms with Gasteiger partial charge in [0.05, 0.1) is 9.82 Å². The number of nitrogens with one attached hydrogen (secondary N) is 1. The SMILES string of the molecule is O=C(c1ccc(S(=O)(=O)Nc2ccccc2)cc1)N1CCN(c2ccccc2[N+](=O)[O-])CC1. The molecule has 33 heavy (non-hydrogen) atoms. The molecule has 9 nitrogen and oxygen atoms in total. The lowest BCUT2D eigenvalue weighted by molar-refractivity contribution is -0.384. The molecule has 0 saturated carbocycles. The first-order valence-corrected chi connectivity index (χ1v) is 11.8. The van der Waals surface area contributed by atoms with Gasteiger partial charge in [0.2, 0.25) is 0 Å². The largest absolute Gasteiger partial charge is 0.362 e. The molecule has 3 aromatic carbocycles. The number of para-hydroxylation sites is 3. The quantitative estimate of drug-likeness (QED) is 0.440. The normalized spacial score (nSPS) is 14.1. The van der Waals surface area contributed by atoms with Gasteiger partial charge in [-0.25, -0.2) is 8.42 Å². The van der Waals surface area contributed by atoms with E-state index in [-0.39, 0.29) is 16.5 Å². The van der Waals surface area contributed by atoms with E-state index in [0.717, 1.165) is 0 Å². The van der Waals surface area contributed by atoms with Gasteiger partial charge in [0.25, 0.3) is 21.6 Å². The van der Waals surface area contributed by atoms with Crippen molar-refractivity contribution in [3.63, 3.8) is 0 Å². The smallest absolute Gasteiger partial charge is 0.292 e. The van der Waals surface area contributed by atoms with Gasteiger partial charge in [-0.1, -0.05) is 30.3 Å². The van der Waals surface area contributed by atoms with Gasteiger partial charge in [0, 0.05) is 43.5 Å². The first-order valence-electron chi connectivity index (χ1n) is 10.3. The third kappa shape index (κ3) is 4.96. The van der Waals surface area contributed by atoms with E-state index in [1.54, 1.807) is 53.4 Å². The van der Waals surface area contributed by atoms with E-state index in [0.29, 0.717) is 43.1 Å². The Morgan fingerprint density at radius 3 is 2.09 bits per heavy atom. The van der Waals surface area contributed by atoms with Gasteiger partial charge in [-0.05, 0) is 42.5 Å². The van der Waals surface area contributed by atoms with Gasteiger partial charge in [0.15, 0.2) is 0 Å². The molecule has 1 heterocycles. The summed E-state index contributed by atoms with van der Waals surface area (Å²) in [7, 11) is -3.77. The van der Waals surface area contributed by atoms with Crippen LogP contribution in [-0.4, -0.2) is 50.3 Å². The summed E-state index contributed by atoms with van der Waals surface area (Å²) in [5, 5.41) is 11.3. The number of rotatable bonds is 6. The molecular weight excluding hydrogens is 444 g/mol. The fourth-order valence-corrected chi connectivity index (χ4v) is 4.77. The molecule has 0 aromatic heterocycles. The molecule has 170 valence electrons. The Labute approximate surface area is 191 Å². The Balaban J connectivity index is 1.41. The predicted molar refractivity (Wildman–Crippen MR) is 125 cm³/mol. The van der Waals surface area contributed by atoms with E-state index in [1.807, 2.05) is 4.90 Å². The minimum atomic E-state index is -3.77. The van der Waals surface area contributed by atoms with Crippen molar-refractivity contribution in [3.05, 3.63) is 94.5 Å². The van der Waals surface area contributed by atoms with Crippen molar-refractivity contribution >= 4 is 33.0 Å². The molecule has 1 amide bonds. The van der Waals surface area contributed by atoms with Gasteiger partial charge in [-0.3, -0.25) is 19.6 Å². The zero-order valence-corrected chi connectivity index (χ0v) is 18.4. The molecule has 0 atom stereocenters. The van der Waals surface area contributed by atoms with Crippen molar-refractivity contribution in [2.45, 2.75) is 4.90 Å². The number of amides is 1. The van der Waals surface area contributed by atoms with Crippen molar-refractivity contribution in [1.29, 1.82) is 0 Å². The average Bonchev–Trinajstić information content (AvgIpc) is 2.84. The summed E-state index contributed by atoms with van der Waals surface area (Å²) >= 11 is 0. The van der Waals surface area contributed by atoms with E-state index in [9.17, 15) is 23.3 Å². The first-order chi connectivity index (χ1) is 15.8. The summed E-state index contributed by atoms with van der Waals surface area (Å²) in [5.41, 5.74) is 1.41. The number of carbonyl (C=O) groups is 1. The van der Waals surface area contributed by atoms with Gasteiger partial charge >= 0.3 is 0 Å². The molecule has 1 N–H and O–H groups in total. The van der Waals surface area contributed by atoms with Crippen LogP contribution in [-0.2, 0) is 10.0 Å². The zero-order valence-electron chi connectivity index (χ0n) is 17.6. The molecule has 3 aromatic rings. The number of nitrogens with zero attached hydrogens (tertiary/aromatic N) is 3. The van der Waals surface area contributed by atoms with E-state index in [2.05, 4.69) is 4.72 Å². The summed E-state index contributed by atoms with van der Waals surface area (Å²) < 4.78 is 27.6. The Hall–Kier alpha value is -3.92. The van der Waals surface area contributed by atoms with Crippen LogP contribution in [0.1, 0.15) is 10.4 Å². The molecular formula is C23H22N4O5S. The lowest BCUT2D eigenvalue weighted by Crippen LogP contribution is -2.49. The summed E-state index contributed by atoms with van der Waals surface area (Å²) in [4.78, 5) is 27.4. The van der Waals surface area contributed by atoms with Gasteiger partial charge < -0.3 is 9.80 Å². The predicted octanol–water partition coefficient (Wildman–Crippen LogP) is 3.36. The molecule has 0 radical (unpaired) electrons. The molecule has 1 aliphatic heterocycles. The summed E-state index contributed by atoms with van der Waals surface area (Å²) in [6, 6.07) is 20.9. The van der Waals surface area contributed by atoms with Crippen molar-refractivity contribution in [2.75, 3.05) is 35.8 Å². The highest BCUT2D eigenvalue weighted by atomic mass is 32.2. The van der Waals surface area contributed by atoms with Crippen molar-refractivity contribution in [1.82, 2.24) is 4.90 Å². The monoisotopic (exact) mass is 466 g/mol. The first kappa shape index (κ1) is 22.3. The van der Waals surface area contributed by atoms with Crippen LogP contribution in [0.3, 0.4) is 0 Å². The van der Waals surface area contributed by atoms with Crippen LogP contribution < -0.4 is 9.62 Å². The van der Waals surface area contributed by atoms with Crippen LogP contribution in [0.5, 0.6) is 0 Å². The van der Waals surface area contributed by atoms with Crippen molar-refractivity contribution in [3.8, 4) is 0 Å². The number of benzene rings is 3. The van der Waals surface area contributed by atoms with Gasteiger partial charge in [0.1, 0.15) is 5.69 Å². The van der Waals surface area contributed by atoms with Crippen LogP contribution >= 0.6 is 0 Å². The molecule has 4 rings (SSSR count). The third-order valence-electron chi connectivity index (χ3n) is 5.42.